The number of carbonyl (C=O) groups is 1. The average molecular weight is 569 g/mol. The predicted molar refractivity (Wildman–Crippen MR) is 159 cm³/mol. The summed E-state index contributed by atoms with van der Waals surface area (Å²) in [5.41, 5.74) is 4.07. The SMILES string of the molecule is Cc1ccc(C(=O)Nc2ccc(CN3CCN(C)CC3)c(C(F)(F)F)c2)cc1C#Cc1cncc(-c2ccccc2)c1. The first-order valence-electron chi connectivity index (χ1n) is 13.7. The molecule has 0 unspecified atom stereocenters. The number of anilines is 1. The number of likely N-dealkylation sites (N-methyl/N-ethyl adjacent to an activating group) is 1. The van der Waals surface area contributed by atoms with Gasteiger partial charge in [0, 0.05) is 73.1 Å². The Hall–Kier alpha value is -4.45. The molecule has 3 aromatic carbocycles. The van der Waals surface area contributed by atoms with Gasteiger partial charge in [-0.25, -0.2) is 0 Å². The largest absolute Gasteiger partial charge is 0.416 e. The Balaban J connectivity index is 1.33. The topological polar surface area (TPSA) is 48.5 Å². The lowest BCUT2D eigenvalue weighted by Gasteiger charge is -2.33. The summed E-state index contributed by atoms with van der Waals surface area (Å²) in [6.07, 6.45) is -1.08. The van der Waals surface area contributed by atoms with Crippen LogP contribution in [-0.2, 0) is 12.7 Å². The fourth-order valence-electron chi connectivity index (χ4n) is 4.84. The molecule has 8 heteroatoms. The van der Waals surface area contributed by atoms with Crippen molar-refractivity contribution in [2.45, 2.75) is 19.6 Å². The highest BCUT2D eigenvalue weighted by Gasteiger charge is 2.34. The van der Waals surface area contributed by atoms with E-state index >= 15 is 0 Å². The smallest absolute Gasteiger partial charge is 0.322 e. The number of rotatable bonds is 5. The molecule has 1 saturated heterocycles. The Morgan fingerprint density at radius 1 is 0.905 bits per heavy atom. The van der Waals surface area contributed by atoms with E-state index in [1.165, 1.54) is 12.1 Å². The summed E-state index contributed by atoms with van der Waals surface area (Å²) in [6, 6.07) is 20.9. The minimum absolute atomic E-state index is 0.0893. The monoisotopic (exact) mass is 568 g/mol. The minimum Gasteiger partial charge on any atom is -0.322 e. The van der Waals surface area contributed by atoms with Gasteiger partial charge in [-0.1, -0.05) is 54.3 Å². The Morgan fingerprint density at radius 3 is 2.40 bits per heavy atom. The second-order valence-corrected chi connectivity index (χ2v) is 10.5. The quantitative estimate of drug-likeness (QED) is 0.280. The van der Waals surface area contributed by atoms with E-state index in [0.29, 0.717) is 24.2 Å². The van der Waals surface area contributed by atoms with Crippen molar-refractivity contribution >= 4 is 11.6 Å². The number of hydrogen-bond donors (Lipinski definition) is 1. The van der Waals surface area contributed by atoms with Crippen molar-refractivity contribution in [1.29, 1.82) is 0 Å². The third-order valence-electron chi connectivity index (χ3n) is 7.35. The molecule has 42 heavy (non-hydrogen) atoms. The van der Waals surface area contributed by atoms with Crippen molar-refractivity contribution in [2.24, 2.45) is 0 Å². The Bertz CT molecular complexity index is 1630. The number of alkyl halides is 3. The lowest BCUT2D eigenvalue weighted by atomic mass is 10.0. The Kier molecular flexibility index (Phi) is 8.72. The highest BCUT2D eigenvalue weighted by molar-refractivity contribution is 6.04. The number of pyridine rings is 1. The van der Waals surface area contributed by atoms with E-state index in [2.05, 4.69) is 27.0 Å². The second-order valence-electron chi connectivity index (χ2n) is 10.5. The first-order chi connectivity index (χ1) is 20.2. The molecule has 0 saturated carbocycles. The van der Waals surface area contributed by atoms with Crippen LogP contribution in [0, 0.1) is 18.8 Å². The van der Waals surface area contributed by atoms with Crippen LogP contribution in [0.3, 0.4) is 0 Å². The van der Waals surface area contributed by atoms with Gasteiger partial charge in [0.15, 0.2) is 0 Å². The number of nitrogens with one attached hydrogen (secondary N) is 1. The summed E-state index contributed by atoms with van der Waals surface area (Å²) in [5.74, 6) is 5.73. The lowest BCUT2D eigenvalue weighted by molar-refractivity contribution is -0.138. The van der Waals surface area contributed by atoms with Crippen LogP contribution in [0.1, 0.15) is 38.2 Å². The summed E-state index contributed by atoms with van der Waals surface area (Å²) in [5, 5.41) is 2.64. The number of hydrogen-bond acceptors (Lipinski definition) is 4. The summed E-state index contributed by atoms with van der Waals surface area (Å²) in [7, 11) is 2.00. The number of aromatic nitrogens is 1. The molecule has 0 aliphatic carbocycles. The molecule has 0 radical (unpaired) electrons. The van der Waals surface area contributed by atoms with E-state index in [1.54, 1.807) is 30.6 Å². The molecule has 0 bridgehead atoms. The van der Waals surface area contributed by atoms with Gasteiger partial charge in [-0.3, -0.25) is 14.7 Å². The number of benzene rings is 3. The Morgan fingerprint density at radius 2 is 1.67 bits per heavy atom. The summed E-state index contributed by atoms with van der Waals surface area (Å²) in [4.78, 5) is 21.6. The van der Waals surface area contributed by atoms with Crippen LogP contribution in [0.2, 0.25) is 0 Å². The number of piperazine rings is 1. The minimum atomic E-state index is -4.54. The molecule has 4 aromatic rings. The zero-order chi connectivity index (χ0) is 29.7. The first kappa shape index (κ1) is 29.1. The van der Waals surface area contributed by atoms with Gasteiger partial charge in [0.25, 0.3) is 5.91 Å². The molecule has 0 spiro atoms. The van der Waals surface area contributed by atoms with Crippen LogP contribution in [0.15, 0.2) is 85.2 Å². The number of nitrogens with zero attached hydrogens (tertiary/aromatic N) is 3. The van der Waals surface area contributed by atoms with Crippen LogP contribution in [0.25, 0.3) is 11.1 Å². The molecule has 1 amide bonds. The maximum absolute atomic E-state index is 14.0. The standard InChI is InChI=1S/C34H31F3N4O/c1-24-8-10-28(19-27(24)11-9-25-18-30(22-38-21-25)26-6-4-3-5-7-26)33(42)39-31-13-12-29(32(20-31)34(35,36)37)23-41-16-14-40(2)15-17-41/h3-8,10,12-13,18-22H,14-17,23H2,1-2H3,(H,39,42). The summed E-state index contributed by atoms with van der Waals surface area (Å²) >= 11 is 0. The molecule has 2 heterocycles. The van der Waals surface area contributed by atoms with Gasteiger partial charge in [0.2, 0.25) is 0 Å². The Labute approximate surface area is 244 Å². The lowest BCUT2D eigenvalue weighted by Crippen LogP contribution is -2.44. The van der Waals surface area contributed by atoms with Gasteiger partial charge in [-0.15, -0.1) is 0 Å². The fourth-order valence-corrected chi connectivity index (χ4v) is 4.84. The molecule has 1 aliphatic heterocycles. The van der Waals surface area contributed by atoms with E-state index in [4.69, 9.17) is 0 Å². The third kappa shape index (κ3) is 7.24. The highest BCUT2D eigenvalue weighted by atomic mass is 19.4. The van der Waals surface area contributed by atoms with Crippen LogP contribution in [0.4, 0.5) is 18.9 Å². The molecular formula is C34H31F3N4O. The summed E-state index contributed by atoms with van der Waals surface area (Å²) in [6.45, 7) is 5.14. The van der Waals surface area contributed by atoms with Crippen molar-refractivity contribution in [3.05, 3.63) is 119 Å². The molecule has 1 N–H and O–H groups in total. The molecule has 0 atom stereocenters. The van der Waals surface area contributed by atoms with Crippen molar-refractivity contribution < 1.29 is 18.0 Å². The van der Waals surface area contributed by atoms with E-state index < -0.39 is 17.6 Å². The first-order valence-corrected chi connectivity index (χ1v) is 13.7. The maximum Gasteiger partial charge on any atom is 0.416 e. The van der Waals surface area contributed by atoms with Crippen LogP contribution >= 0.6 is 0 Å². The van der Waals surface area contributed by atoms with Gasteiger partial charge in [-0.05, 0) is 61.0 Å². The van der Waals surface area contributed by atoms with Gasteiger partial charge in [-0.2, -0.15) is 13.2 Å². The molecule has 1 aliphatic rings. The van der Waals surface area contributed by atoms with Gasteiger partial charge in [0.05, 0.1) is 5.56 Å². The van der Waals surface area contributed by atoms with Gasteiger partial charge < -0.3 is 10.2 Å². The average Bonchev–Trinajstić information content (AvgIpc) is 2.98. The van der Waals surface area contributed by atoms with Crippen LogP contribution in [-0.4, -0.2) is 53.9 Å². The molecule has 5 rings (SSSR count). The normalized spacial score (nSPS) is 14.2. The van der Waals surface area contributed by atoms with Crippen molar-refractivity contribution in [1.82, 2.24) is 14.8 Å². The van der Waals surface area contributed by atoms with E-state index in [-0.39, 0.29) is 17.8 Å². The molecule has 1 aromatic heterocycles. The van der Waals surface area contributed by atoms with Crippen molar-refractivity contribution in [2.75, 3.05) is 38.5 Å². The molecular weight excluding hydrogens is 537 g/mol. The zero-order valence-corrected chi connectivity index (χ0v) is 23.5. The van der Waals surface area contributed by atoms with Gasteiger partial charge >= 0.3 is 6.18 Å². The highest BCUT2D eigenvalue weighted by Crippen LogP contribution is 2.35. The van der Waals surface area contributed by atoms with E-state index in [9.17, 15) is 18.0 Å². The number of amides is 1. The summed E-state index contributed by atoms with van der Waals surface area (Å²) < 4.78 is 42.0. The number of carbonyl (C=O) groups excluding carboxylic acids is 1. The molecule has 5 nitrogen and oxygen atoms in total. The second kappa shape index (κ2) is 12.6. The van der Waals surface area contributed by atoms with Crippen molar-refractivity contribution in [3.8, 4) is 23.0 Å². The molecule has 214 valence electrons. The fraction of sp³-hybridized carbons (Fsp3) is 0.235. The number of halogens is 3. The van der Waals surface area contributed by atoms with E-state index in [1.807, 2.05) is 55.3 Å². The maximum atomic E-state index is 14.0. The molecule has 1 fully saturated rings. The van der Waals surface area contributed by atoms with Crippen LogP contribution in [0.5, 0.6) is 0 Å². The third-order valence-corrected chi connectivity index (χ3v) is 7.35. The zero-order valence-electron chi connectivity index (χ0n) is 23.5. The van der Waals surface area contributed by atoms with Gasteiger partial charge in [0.1, 0.15) is 0 Å². The van der Waals surface area contributed by atoms with Crippen molar-refractivity contribution in [3.63, 3.8) is 0 Å². The predicted octanol–water partition coefficient (Wildman–Crippen LogP) is 6.48. The van der Waals surface area contributed by atoms with Crippen LogP contribution < -0.4 is 5.32 Å². The number of aryl methyl sites for hydroxylation is 1. The van der Waals surface area contributed by atoms with E-state index in [0.717, 1.165) is 41.4 Å².